The van der Waals surface area contributed by atoms with Gasteiger partial charge in [0.2, 0.25) is 11.8 Å². The van der Waals surface area contributed by atoms with E-state index in [-0.39, 0.29) is 48.3 Å². The van der Waals surface area contributed by atoms with Crippen molar-refractivity contribution >= 4 is 23.5 Å². The van der Waals surface area contributed by atoms with Crippen LogP contribution in [0, 0.1) is 5.92 Å². The van der Waals surface area contributed by atoms with Crippen molar-refractivity contribution in [1.82, 2.24) is 24.4 Å². The van der Waals surface area contributed by atoms with Crippen LogP contribution in [0.3, 0.4) is 0 Å². The molecule has 1 saturated heterocycles. The van der Waals surface area contributed by atoms with Crippen molar-refractivity contribution < 1.29 is 23.5 Å². The lowest BCUT2D eigenvalue weighted by Crippen LogP contribution is -2.34. The van der Waals surface area contributed by atoms with Crippen LogP contribution in [0.25, 0.3) is 11.7 Å². The number of aromatic nitrogens is 3. The molecule has 2 aromatic heterocycles. The molecule has 0 radical (unpaired) electrons. The first-order valence-corrected chi connectivity index (χ1v) is 11.0. The third kappa shape index (κ3) is 4.49. The lowest BCUT2D eigenvalue weighted by molar-refractivity contribution is -0.127. The molecule has 4 rings (SSSR count). The van der Waals surface area contributed by atoms with Crippen LogP contribution in [0.15, 0.2) is 16.6 Å². The molecular formula is C22H27F2N5O4. The number of aromatic hydroxyl groups is 1. The van der Waals surface area contributed by atoms with Gasteiger partial charge >= 0.3 is 0 Å². The molecule has 1 saturated carbocycles. The number of fused-ring (bicyclic) bond motifs is 1. The SMILES string of the molecule is C/C(=C\c1cnn2c(=O)c(C(=O)NC3CC3)c(O)n(CC(C)C)c12)C(=O)N1CCC(F)(F)C1. The summed E-state index contributed by atoms with van der Waals surface area (Å²) in [5.74, 6) is -4.52. The first-order valence-electron chi connectivity index (χ1n) is 11.0. The summed E-state index contributed by atoms with van der Waals surface area (Å²) >= 11 is 0. The van der Waals surface area contributed by atoms with E-state index in [1.165, 1.54) is 23.8 Å². The summed E-state index contributed by atoms with van der Waals surface area (Å²) in [4.78, 5) is 39.4. The molecule has 2 aliphatic rings. The monoisotopic (exact) mass is 463 g/mol. The number of nitrogens with one attached hydrogen (secondary N) is 1. The zero-order chi connectivity index (χ0) is 24.1. The van der Waals surface area contributed by atoms with E-state index in [0.717, 1.165) is 22.3 Å². The van der Waals surface area contributed by atoms with Gasteiger partial charge in [-0.15, -0.1) is 0 Å². The number of carbonyl (C=O) groups is 2. The number of amides is 2. The van der Waals surface area contributed by atoms with Gasteiger partial charge in [0.1, 0.15) is 5.65 Å². The average Bonchev–Trinajstić information content (AvgIpc) is 3.32. The Hall–Kier alpha value is -3.24. The summed E-state index contributed by atoms with van der Waals surface area (Å²) < 4.78 is 29.5. The van der Waals surface area contributed by atoms with Crippen molar-refractivity contribution in [2.75, 3.05) is 13.1 Å². The van der Waals surface area contributed by atoms with Crippen LogP contribution in [-0.4, -0.2) is 61.1 Å². The summed E-state index contributed by atoms with van der Waals surface area (Å²) in [6, 6.07) is -0.00621. The second-order valence-corrected chi connectivity index (χ2v) is 9.25. The van der Waals surface area contributed by atoms with Gasteiger partial charge in [0.15, 0.2) is 5.56 Å². The fourth-order valence-corrected chi connectivity index (χ4v) is 3.99. The van der Waals surface area contributed by atoms with Crippen LogP contribution in [0.1, 0.15) is 56.0 Å². The van der Waals surface area contributed by atoms with Crippen molar-refractivity contribution in [1.29, 1.82) is 0 Å². The molecule has 178 valence electrons. The van der Waals surface area contributed by atoms with E-state index in [9.17, 15) is 28.3 Å². The number of rotatable bonds is 6. The Bertz CT molecular complexity index is 1210. The van der Waals surface area contributed by atoms with Gasteiger partial charge in [0.25, 0.3) is 17.4 Å². The molecule has 2 N–H and O–H groups in total. The van der Waals surface area contributed by atoms with Crippen molar-refractivity contribution in [3.05, 3.63) is 33.3 Å². The number of hydrogen-bond donors (Lipinski definition) is 2. The maximum Gasteiger partial charge on any atom is 0.291 e. The maximum absolute atomic E-state index is 13.5. The molecule has 0 atom stereocenters. The van der Waals surface area contributed by atoms with Crippen LogP contribution in [0.4, 0.5) is 8.78 Å². The lowest BCUT2D eigenvalue weighted by atomic mass is 10.1. The summed E-state index contributed by atoms with van der Waals surface area (Å²) in [6.07, 6.45) is 4.08. The molecule has 0 aromatic carbocycles. The van der Waals surface area contributed by atoms with Crippen LogP contribution in [0.2, 0.25) is 0 Å². The van der Waals surface area contributed by atoms with E-state index in [2.05, 4.69) is 10.4 Å². The highest BCUT2D eigenvalue weighted by Crippen LogP contribution is 2.29. The number of likely N-dealkylation sites (tertiary alicyclic amines) is 1. The van der Waals surface area contributed by atoms with Gasteiger partial charge in [-0.1, -0.05) is 13.8 Å². The Morgan fingerprint density at radius 1 is 1.36 bits per heavy atom. The fourth-order valence-electron chi connectivity index (χ4n) is 3.99. The molecule has 3 heterocycles. The molecule has 2 amide bonds. The molecule has 33 heavy (non-hydrogen) atoms. The van der Waals surface area contributed by atoms with Crippen molar-refractivity contribution in [3.8, 4) is 5.88 Å². The maximum atomic E-state index is 13.5. The molecular weight excluding hydrogens is 436 g/mol. The third-order valence-electron chi connectivity index (χ3n) is 5.77. The average molecular weight is 463 g/mol. The van der Waals surface area contributed by atoms with E-state index in [1.54, 1.807) is 0 Å². The normalized spacial score (nSPS) is 18.4. The number of nitrogens with zero attached hydrogens (tertiary/aromatic N) is 4. The first kappa shape index (κ1) is 22.9. The highest BCUT2D eigenvalue weighted by molar-refractivity contribution is 5.99. The van der Waals surface area contributed by atoms with E-state index in [1.807, 2.05) is 13.8 Å². The summed E-state index contributed by atoms with van der Waals surface area (Å²) in [5.41, 5.74) is -0.396. The molecule has 2 fully saturated rings. The lowest BCUT2D eigenvalue weighted by Gasteiger charge is -2.18. The Morgan fingerprint density at radius 3 is 2.64 bits per heavy atom. The van der Waals surface area contributed by atoms with Gasteiger partial charge in [-0.2, -0.15) is 9.61 Å². The van der Waals surface area contributed by atoms with Gasteiger partial charge in [0.05, 0.1) is 12.7 Å². The van der Waals surface area contributed by atoms with Gasteiger partial charge in [-0.05, 0) is 31.8 Å². The summed E-state index contributed by atoms with van der Waals surface area (Å²) in [6.45, 7) is 4.92. The highest BCUT2D eigenvalue weighted by Gasteiger charge is 2.40. The predicted octanol–water partition coefficient (Wildman–Crippen LogP) is 2.02. The largest absolute Gasteiger partial charge is 0.494 e. The standard InChI is InChI=1S/C22H27F2N5O4/c1-12(2)10-28-18-14(8-13(3)19(31)27-7-6-22(23,24)11-27)9-25-29(18)21(33)16(20(28)32)17(30)26-15-4-5-15/h8-9,12,15,32H,4-7,10-11H2,1-3H3,(H,26,30)/b13-8+. The van der Waals surface area contributed by atoms with Crippen LogP contribution >= 0.6 is 0 Å². The Kier molecular flexibility index (Phi) is 5.75. The van der Waals surface area contributed by atoms with Crippen LogP contribution in [0.5, 0.6) is 5.88 Å². The zero-order valence-corrected chi connectivity index (χ0v) is 18.8. The van der Waals surface area contributed by atoms with E-state index < -0.39 is 35.7 Å². The van der Waals surface area contributed by atoms with E-state index in [4.69, 9.17) is 0 Å². The van der Waals surface area contributed by atoms with E-state index >= 15 is 0 Å². The minimum atomic E-state index is -2.90. The zero-order valence-electron chi connectivity index (χ0n) is 18.8. The topological polar surface area (TPSA) is 109 Å². The highest BCUT2D eigenvalue weighted by atomic mass is 19.3. The van der Waals surface area contributed by atoms with E-state index in [0.29, 0.717) is 5.56 Å². The minimum Gasteiger partial charge on any atom is -0.494 e. The molecule has 9 nitrogen and oxygen atoms in total. The van der Waals surface area contributed by atoms with Crippen LogP contribution in [-0.2, 0) is 11.3 Å². The smallest absolute Gasteiger partial charge is 0.291 e. The van der Waals surface area contributed by atoms with Crippen LogP contribution < -0.4 is 10.9 Å². The molecule has 1 aliphatic heterocycles. The van der Waals surface area contributed by atoms with Crippen molar-refractivity contribution in [2.45, 2.75) is 58.5 Å². The van der Waals surface area contributed by atoms with Gasteiger partial charge in [0, 0.05) is 36.7 Å². The third-order valence-corrected chi connectivity index (χ3v) is 5.77. The quantitative estimate of drug-likeness (QED) is 0.637. The van der Waals surface area contributed by atoms with Gasteiger partial charge < -0.3 is 15.3 Å². The van der Waals surface area contributed by atoms with Crippen molar-refractivity contribution in [3.63, 3.8) is 0 Å². The summed E-state index contributed by atoms with van der Waals surface area (Å²) in [7, 11) is 0. The molecule has 0 unspecified atom stereocenters. The van der Waals surface area contributed by atoms with Gasteiger partial charge in [-0.25, -0.2) is 8.78 Å². The molecule has 1 aliphatic carbocycles. The fraction of sp³-hybridized carbons (Fsp3) is 0.545. The molecule has 2 aromatic rings. The van der Waals surface area contributed by atoms with Gasteiger partial charge in [-0.3, -0.25) is 19.0 Å². The van der Waals surface area contributed by atoms with Crippen molar-refractivity contribution in [2.24, 2.45) is 5.92 Å². The second-order valence-electron chi connectivity index (χ2n) is 9.25. The number of carbonyl (C=O) groups excluding carboxylic acids is 2. The number of halogens is 2. The Labute approximate surface area is 188 Å². The minimum absolute atomic E-state index is 0.00621. The number of alkyl halides is 2. The molecule has 0 spiro atoms. The first-order chi connectivity index (χ1) is 15.5. The summed E-state index contributed by atoms with van der Waals surface area (Å²) in [5, 5.41) is 17.7. The molecule has 0 bridgehead atoms. The number of hydrogen-bond acceptors (Lipinski definition) is 5. The Morgan fingerprint density at radius 2 is 2.06 bits per heavy atom. The second kappa shape index (κ2) is 8.27. The molecule has 11 heteroatoms. The predicted molar refractivity (Wildman–Crippen MR) is 116 cm³/mol. The Balaban J connectivity index is 1.78.